The first-order valence-corrected chi connectivity index (χ1v) is 21.0. The van der Waals surface area contributed by atoms with Crippen LogP contribution in [0.5, 0.6) is 11.5 Å². The molecule has 5 N–H and O–H groups in total. The molecule has 20 heteroatoms. The summed E-state index contributed by atoms with van der Waals surface area (Å²) in [6.45, 7) is 4.30. The SMILES string of the molecule is CCOC(=O)c1ccc(OC)c(NC(=O)C(Oc2c(NC(C)=O)cc(N=Nc3snc4ccc(S(=O)(=O)Nc5ccccc5)cc34)cc2NC(C)=O)c2nc3ccccc3[nH]2)c1. The van der Waals surface area contributed by atoms with Crippen LogP contribution in [0.15, 0.2) is 118 Å². The van der Waals surface area contributed by atoms with Crippen molar-refractivity contribution in [3.05, 3.63) is 115 Å². The average Bonchev–Trinajstić information content (AvgIpc) is 3.86. The lowest BCUT2D eigenvalue weighted by molar-refractivity contribution is -0.123. The lowest BCUT2D eigenvalue weighted by Crippen LogP contribution is -2.28. The number of hydrogen-bond acceptors (Lipinski definition) is 14. The molecule has 0 saturated carbocycles. The first-order chi connectivity index (χ1) is 29.8. The van der Waals surface area contributed by atoms with E-state index in [0.29, 0.717) is 27.6 Å². The van der Waals surface area contributed by atoms with Crippen molar-refractivity contribution in [3.8, 4) is 11.5 Å². The summed E-state index contributed by atoms with van der Waals surface area (Å²) in [4.78, 5) is 60.0. The fourth-order valence-electron chi connectivity index (χ4n) is 6.13. The van der Waals surface area contributed by atoms with E-state index in [1.165, 1.54) is 63.4 Å². The predicted molar refractivity (Wildman–Crippen MR) is 233 cm³/mol. The maximum absolute atomic E-state index is 14.4. The Bertz CT molecular complexity index is 2920. The third-order valence-electron chi connectivity index (χ3n) is 8.81. The average molecular weight is 876 g/mol. The van der Waals surface area contributed by atoms with Gasteiger partial charge in [-0.05, 0) is 91.3 Å². The van der Waals surface area contributed by atoms with E-state index < -0.39 is 39.8 Å². The highest BCUT2D eigenvalue weighted by atomic mass is 32.2. The second-order valence-corrected chi connectivity index (χ2v) is 15.8. The molecule has 0 saturated heterocycles. The number of aromatic nitrogens is 3. The zero-order chi connectivity index (χ0) is 44.0. The maximum Gasteiger partial charge on any atom is 0.338 e. The van der Waals surface area contributed by atoms with Crippen molar-refractivity contribution >= 4 is 101 Å². The number of amides is 3. The standard InChI is InChI=1S/C42H37N9O9S2/c1-5-59-42(55)25-15-18-36(58-4)33(19-25)47-40(54)38(39-45-31-13-9-10-14-32(31)46-39)60-37-34(43-23(2)52)20-27(21-35(37)44-24(3)53)48-49-41-29-22-28(16-17-30(29)50-61-41)62(56,57)51-26-11-7-6-8-12-26/h6-22,38,51H,5H2,1-4H3,(H,43,52)(H,44,53)(H,45,46)(H,47,54). The fraction of sp³-hybridized carbons (Fsp3) is 0.143. The molecule has 0 aliphatic heterocycles. The Hall–Kier alpha value is -7.71. The summed E-state index contributed by atoms with van der Waals surface area (Å²) >= 11 is 0.978. The Morgan fingerprint density at radius 3 is 2.19 bits per heavy atom. The lowest BCUT2D eigenvalue weighted by atomic mass is 10.1. The fourth-order valence-corrected chi connectivity index (χ4v) is 7.89. The molecule has 7 rings (SSSR count). The highest BCUT2D eigenvalue weighted by molar-refractivity contribution is 7.92. The number of benzene rings is 5. The Balaban J connectivity index is 1.27. The number of ether oxygens (including phenoxy) is 3. The van der Waals surface area contributed by atoms with Gasteiger partial charge in [0.25, 0.3) is 15.9 Å². The van der Waals surface area contributed by atoms with E-state index in [1.807, 2.05) is 0 Å². The van der Waals surface area contributed by atoms with Gasteiger partial charge in [0.2, 0.25) is 17.9 Å². The highest BCUT2D eigenvalue weighted by Crippen LogP contribution is 2.42. The Kier molecular flexibility index (Phi) is 12.5. The molecule has 1 unspecified atom stereocenters. The van der Waals surface area contributed by atoms with E-state index in [4.69, 9.17) is 14.2 Å². The van der Waals surface area contributed by atoms with Crippen LogP contribution in [-0.4, -0.2) is 60.2 Å². The second kappa shape index (κ2) is 18.3. The summed E-state index contributed by atoms with van der Waals surface area (Å²) in [6, 6.07) is 27.1. The topological polar surface area (TPSA) is 245 Å². The van der Waals surface area contributed by atoms with Crippen LogP contribution in [0.2, 0.25) is 0 Å². The number of carbonyl (C=O) groups excluding carboxylic acids is 4. The molecule has 0 aliphatic rings. The van der Waals surface area contributed by atoms with Crippen molar-refractivity contribution in [1.82, 2.24) is 14.3 Å². The molecule has 2 heterocycles. The third kappa shape index (κ3) is 9.67. The molecule has 0 aliphatic carbocycles. The minimum absolute atomic E-state index is 0.0111. The molecule has 3 amide bonds. The number of nitrogens with one attached hydrogen (secondary N) is 5. The summed E-state index contributed by atoms with van der Waals surface area (Å²) < 4.78 is 50.5. The van der Waals surface area contributed by atoms with Gasteiger partial charge in [-0.2, -0.15) is 4.37 Å². The number of sulfonamides is 1. The summed E-state index contributed by atoms with van der Waals surface area (Å²) in [5, 5.41) is 17.5. The van der Waals surface area contributed by atoms with Gasteiger partial charge in [0.1, 0.15) is 5.75 Å². The number of esters is 1. The molecule has 0 fully saturated rings. The van der Waals surface area contributed by atoms with Gasteiger partial charge in [-0.25, -0.2) is 18.2 Å². The molecule has 0 radical (unpaired) electrons. The number of H-pyrrole nitrogens is 1. The van der Waals surface area contributed by atoms with E-state index in [2.05, 4.69) is 45.2 Å². The first-order valence-electron chi connectivity index (χ1n) is 18.7. The number of fused-ring (bicyclic) bond motifs is 2. The number of rotatable bonds is 15. The summed E-state index contributed by atoms with van der Waals surface area (Å²) in [7, 11) is -2.59. The number of anilines is 4. The van der Waals surface area contributed by atoms with Crippen LogP contribution in [0.25, 0.3) is 21.9 Å². The third-order valence-corrected chi connectivity index (χ3v) is 11.0. The highest BCUT2D eigenvalue weighted by Gasteiger charge is 2.31. The van der Waals surface area contributed by atoms with Gasteiger partial charge in [0, 0.05) is 24.9 Å². The second-order valence-electron chi connectivity index (χ2n) is 13.3. The van der Waals surface area contributed by atoms with E-state index >= 15 is 0 Å². The van der Waals surface area contributed by atoms with Crippen molar-refractivity contribution in [2.45, 2.75) is 31.8 Å². The van der Waals surface area contributed by atoms with Crippen molar-refractivity contribution in [3.63, 3.8) is 0 Å². The molecule has 1 atom stereocenters. The molecular formula is C42H37N9O9S2. The van der Waals surface area contributed by atoms with Crippen LogP contribution in [0.1, 0.15) is 43.1 Å². The molecule has 0 spiro atoms. The quantitative estimate of drug-likeness (QED) is 0.0485. The summed E-state index contributed by atoms with van der Waals surface area (Å²) in [6.07, 6.45) is -1.59. The number of hydrogen-bond donors (Lipinski definition) is 5. The van der Waals surface area contributed by atoms with Gasteiger partial charge in [-0.3, -0.25) is 19.1 Å². The smallest absolute Gasteiger partial charge is 0.338 e. The molecule has 0 bridgehead atoms. The van der Waals surface area contributed by atoms with Gasteiger partial charge in [0.05, 0.1) is 63.5 Å². The lowest BCUT2D eigenvalue weighted by Gasteiger charge is -2.22. The van der Waals surface area contributed by atoms with Crippen LogP contribution in [0, 0.1) is 0 Å². The number of nitrogens with zero attached hydrogens (tertiary/aromatic N) is 4. The van der Waals surface area contributed by atoms with Gasteiger partial charge in [-0.1, -0.05) is 30.3 Å². The van der Waals surface area contributed by atoms with Crippen LogP contribution >= 0.6 is 11.5 Å². The molecule has 316 valence electrons. The Morgan fingerprint density at radius 1 is 0.806 bits per heavy atom. The van der Waals surface area contributed by atoms with Gasteiger partial charge in [0.15, 0.2) is 16.6 Å². The number of para-hydroxylation sites is 3. The summed E-state index contributed by atoms with van der Waals surface area (Å²) in [5.41, 5.74) is 2.31. The van der Waals surface area contributed by atoms with E-state index in [9.17, 15) is 27.6 Å². The molecule has 62 heavy (non-hydrogen) atoms. The minimum atomic E-state index is -3.98. The van der Waals surface area contributed by atoms with Crippen molar-refractivity contribution in [2.75, 3.05) is 34.4 Å². The number of methoxy groups -OCH3 is 1. The molecular weight excluding hydrogens is 839 g/mol. The van der Waals surface area contributed by atoms with Crippen LogP contribution in [0.4, 0.5) is 33.4 Å². The van der Waals surface area contributed by atoms with Gasteiger partial charge in [-0.15, -0.1) is 10.2 Å². The molecule has 2 aromatic heterocycles. The van der Waals surface area contributed by atoms with Crippen molar-refractivity contribution in [2.24, 2.45) is 10.2 Å². The maximum atomic E-state index is 14.4. The van der Waals surface area contributed by atoms with Crippen molar-refractivity contribution < 1.29 is 41.8 Å². The van der Waals surface area contributed by atoms with Crippen LogP contribution in [-0.2, 0) is 29.1 Å². The molecule has 5 aromatic carbocycles. The van der Waals surface area contributed by atoms with E-state index in [0.717, 1.165) is 11.5 Å². The normalized spacial score (nSPS) is 11.9. The Morgan fingerprint density at radius 2 is 1.52 bits per heavy atom. The van der Waals surface area contributed by atoms with Crippen molar-refractivity contribution in [1.29, 1.82) is 0 Å². The Labute approximate surface area is 357 Å². The number of carbonyl (C=O) groups is 4. The summed E-state index contributed by atoms with van der Waals surface area (Å²) in [5.74, 6) is -2.35. The first kappa shape index (κ1) is 42.4. The van der Waals surface area contributed by atoms with E-state index in [1.54, 1.807) is 67.6 Å². The predicted octanol–water partition coefficient (Wildman–Crippen LogP) is 8.25. The van der Waals surface area contributed by atoms with Crippen LogP contribution < -0.4 is 30.1 Å². The zero-order valence-corrected chi connectivity index (χ0v) is 35.0. The zero-order valence-electron chi connectivity index (χ0n) is 33.4. The molecule has 18 nitrogen and oxygen atoms in total. The van der Waals surface area contributed by atoms with Gasteiger partial charge < -0.3 is 35.1 Å². The van der Waals surface area contributed by atoms with Crippen LogP contribution in [0.3, 0.4) is 0 Å². The molecule has 7 aromatic rings. The van der Waals surface area contributed by atoms with E-state index in [-0.39, 0.29) is 62.1 Å². The number of azo groups is 1. The largest absolute Gasteiger partial charge is 0.495 e. The number of imidazole rings is 1. The minimum Gasteiger partial charge on any atom is -0.495 e. The number of aromatic amines is 1. The monoisotopic (exact) mass is 875 g/mol. The van der Waals surface area contributed by atoms with Gasteiger partial charge >= 0.3 is 5.97 Å².